The van der Waals surface area contributed by atoms with Crippen LogP contribution in [0, 0.1) is 11.6 Å². The van der Waals surface area contributed by atoms with Gasteiger partial charge in [0.2, 0.25) is 0 Å². The molecule has 0 radical (unpaired) electrons. The maximum absolute atomic E-state index is 12.9. The summed E-state index contributed by atoms with van der Waals surface area (Å²) in [7, 11) is 0. The molecule has 1 fully saturated rings. The van der Waals surface area contributed by atoms with E-state index >= 15 is 0 Å². The van der Waals surface area contributed by atoms with Crippen LogP contribution in [0.15, 0.2) is 18.2 Å². The molecule has 0 unspecified atom stereocenters. The van der Waals surface area contributed by atoms with Crippen molar-refractivity contribution in [3.63, 3.8) is 0 Å². The van der Waals surface area contributed by atoms with Crippen molar-refractivity contribution in [3.05, 3.63) is 35.4 Å². The van der Waals surface area contributed by atoms with E-state index in [0.29, 0.717) is 6.07 Å². The summed E-state index contributed by atoms with van der Waals surface area (Å²) in [6.07, 6.45) is 4.00. The van der Waals surface area contributed by atoms with Crippen molar-refractivity contribution >= 4 is 11.9 Å². The lowest BCUT2D eigenvalue weighted by Crippen LogP contribution is -2.35. The minimum absolute atomic E-state index is 0.132. The smallest absolute Gasteiger partial charge is 0.338 e. The van der Waals surface area contributed by atoms with Crippen molar-refractivity contribution < 1.29 is 23.1 Å². The molecule has 20 heavy (non-hydrogen) atoms. The summed E-state index contributed by atoms with van der Waals surface area (Å²) in [5, 5.41) is 2.74. The largest absolute Gasteiger partial charge is 0.452 e. The van der Waals surface area contributed by atoms with E-state index in [2.05, 4.69) is 5.32 Å². The SMILES string of the molecule is O=C(COC(=O)c1cc(F)cc(F)c1)NC1CCCC1. The second-order valence-electron chi connectivity index (χ2n) is 4.78. The normalized spacial score (nSPS) is 15.1. The summed E-state index contributed by atoms with van der Waals surface area (Å²) in [4.78, 5) is 23.1. The van der Waals surface area contributed by atoms with Gasteiger partial charge in [0.1, 0.15) is 11.6 Å². The molecule has 0 heterocycles. The lowest BCUT2D eigenvalue weighted by Gasteiger charge is -2.11. The van der Waals surface area contributed by atoms with Crippen molar-refractivity contribution in [3.8, 4) is 0 Å². The van der Waals surface area contributed by atoms with Gasteiger partial charge in [-0.25, -0.2) is 13.6 Å². The van der Waals surface area contributed by atoms with Gasteiger partial charge in [-0.05, 0) is 25.0 Å². The molecule has 6 heteroatoms. The molecule has 0 saturated heterocycles. The molecule has 1 aliphatic carbocycles. The Bertz CT molecular complexity index is 493. The highest BCUT2D eigenvalue weighted by molar-refractivity contribution is 5.91. The highest BCUT2D eigenvalue weighted by Crippen LogP contribution is 2.17. The van der Waals surface area contributed by atoms with Crippen LogP contribution in [0.3, 0.4) is 0 Å². The minimum atomic E-state index is -0.926. The summed E-state index contributed by atoms with van der Waals surface area (Å²) >= 11 is 0. The summed E-state index contributed by atoms with van der Waals surface area (Å²) in [6.45, 7) is -0.451. The molecule has 2 rings (SSSR count). The zero-order valence-corrected chi connectivity index (χ0v) is 10.8. The molecule has 1 aliphatic rings. The van der Waals surface area contributed by atoms with Crippen LogP contribution in [-0.2, 0) is 9.53 Å². The summed E-state index contributed by atoms with van der Waals surface area (Å²) in [5.74, 6) is -3.06. The van der Waals surface area contributed by atoms with E-state index in [4.69, 9.17) is 4.74 Å². The molecule has 0 atom stereocenters. The van der Waals surface area contributed by atoms with Crippen molar-refractivity contribution in [1.29, 1.82) is 0 Å². The molecule has 108 valence electrons. The van der Waals surface area contributed by atoms with Crippen LogP contribution in [-0.4, -0.2) is 24.5 Å². The number of halogens is 2. The fourth-order valence-electron chi connectivity index (χ4n) is 2.23. The Labute approximate surface area is 115 Å². The molecular weight excluding hydrogens is 268 g/mol. The average Bonchev–Trinajstić information content (AvgIpc) is 2.87. The monoisotopic (exact) mass is 283 g/mol. The molecule has 1 N–H and O–H groups in total. The predicted octanol–water partition coefficient (Wildman–Crippen LogP) is 2.18. The molecule has 1 amide bonds. The predicted molar refractivity (Wildman–Crippen MR) is 67.0 cm³/mol. The van der Waals surface area contributed by atoms with Gasteiger partial charge < -0.3 is 10.1 Å². The van der Waals surface area contributed by atoms with Crippen molar-refractivity contribution in [2.45, 2.75) is 31.7 Å². The van der Waals surface area contributed by atoms with Crippen molar-refractivity contribution in [1.82, 2.24) is 5.32 Å². The third-order valence-corrected chi connectivity index (χ3v) is 3.15. The summed E-state index contributed by atoms with van der Waals surface area (Å²) in [5.41, 5.74) is -0.254. The van der Waals surface area contributed by atoms with Crippen LogP contribution < -0.4 is 5.32 Å². The molecule has 1 saturated carbocycles. The lowest BCUT2D eigenvalue weighted by atomic mass is 10.2. The van der Waals surface area contributed by atoms with Crippen LogP contribution in [0.5, 0.6) is 0 Å². The Hall–Kier alpha value is -1.98. The highest BCUT2D eigenvalue weighted by atomic mass is 19.1. The molecule has 0 aliphatic heterocycles. The average molecular weight is 283 g/mol. The molecule has 0 bridgehead atoms. The minimum Gasteiger partial charge on any atom is -0.452 e. The van der Waals surface area contributed by atoms with Crippen molar-refractivity contribution in [2.24, 2.45) is 0 Å². The first kappa shape index (κ1) is 14.4. The van der Waals surface area contributed by atoms with E-state index in [-0.39, 0.29) is 11.6 Å². The van der Waals surface area contributed by atoms with Gasteiger partial charge in [-0.1, -0.05) is 12.8 Å². The number of esters is 1. The number of hydrogen-bond donors (Lipinski definition) is 1. The molecular formula is C14H15F2NO3. The number of amides is 1. The van der Waals surface area contributed by atoms with Crippen LogP contribution in [0.1, 0.15) is 36.0 Å². The molecule has 0 spiro atoms. The van der Waals surface area contributed by atoms with Gasteiger partial charge in [0.15, 0.2) is 6.61 Å². The van der Waals surface area contributed by atoms with Crippen molar-refractivity contribution in [2.75, 3.05) is 6.61 Å². The van der Waals surface area contributed by atoms with Gasteiger partial charge in [-0.2, -0.15) is 0 Å². The maximum atomic E-state index is 12.9. The fraction of sp³-hybridized carbons (Fsp3) is 0.429. The van der Waals surface area contributed by atoms with E-state index < -0.39 is 30.1 Å². The van der Waals surface area contributed by atoms with E-state index in [1.54, 1.807) is 0 Å². The lowest BCUT2D eigenvalue weighted by molar-refractivity contribution is -0.124. The Morgan fingerprint density at radius 1 is 1.15 bits per heavy atom. The second-order valence-corrected chi connectivity index (χ2v) is 4.78. The third kappa shape index (κ3) is 4.01. The van der Waals surface area contributed by atoms with Crippen LogP contribution in [0.4, 0.5) is 8.78 Å². The van der Waals surface area contributed by atoms with Crippen LogP contribution >= 0.6 is 0 Å². The standard InChI is InChI=1S/C14H15F2NO3/c15-10-5-9(6-11(16)7-10)14(19)20-8-13(18)17-12-3-1-2-4-12/h5-7,12H,1-4,8H2,(H,17,18). The Morgan fingerprint density at radius 2 is 1.75 bits per heavy atom. The molecule has 4 nitrogen and oxygen atoms in total. The Morgan fingerprint density at radius 3 is 2.35 bits per heavy atom. The maximum Gasteiger partial charge on any atom is 0.338 e. The summed E-state index contributed by atoms with van der Waals surface area (Å²) in [6, 6.07) is 2.51. The second kappa shape index (κ2) is 6.45. The topological polar surface area (TPSA) is 55.4 Å². The van der Waals surface area contributed by atoms with E-state index in [0.717, 1.165) is 37.8 Å². The number of hydrogen-bond acceptors (Lipinski definition) is 3. The fourth-order valence-corrected chi connectivity index (χ4v) is 2.23. The number of nitrogens with one attached hydrogen (secondary N) is 1. The van der Waals surface area contributed by atoms with Gasteiger partial charge in [0, 0.05) is 12.1 Å². The number of ether oxygens (including phenoxy) is 1. The highest BCUT2D eigenvalue weighted by Gasteiger charge is 2.18. The van der Waals surface area contributed by atoms with Crippen LogP contribution in [0.25, 0.3) is 0 Å². The zero-order chi connectivity index (χ0) is 14.5. The van der Waals surface area contributed by atoms with E-state index in [1.807, 2.05) is 0 Å². The number of rotatable bonds is 4. The van der Waals surface area contributed by atoms with Gasteiger partial charge in [-0.3, -0.25) is 4.79 Å². The van der Waals surface area contributed by atoms with E-state index in [1.165, 1.54) is 0 Å². The number of benzene rings is 1. The third-order valence-electron chi connectivity index (χ3n) is 3.15. The quantitative estimate of drug-likeness (QED) is 0.862. The Balaban J connectivity index is 1.83. The van der Waals surface area contributed by atoms with Gasteiger partial charge >= 0.3 is 5.97 Å². The number of carbonyl (C=O) groups excluding carboxylic acids is 2. The molecule has 1 aromatic carbocycles. The van der Waals surface area contributed by atoms with Gasteiger partial charge in [0.25, 0.3) is 5.91 Å². The van der Waals surface area contributed by atoms with E-state index in [9.17, 15) is 18.4 Å². The van der Waals surface area contributed by atoms with Gasteiger partial charge in [-0.15, -0.1) is 0 Å². The van der Waals surface area contributed by atoms with Gasteiger partial charge in [0.05, 0.1) is 5.56 Å². The number of carbonyl (C=O) groups is 2. The molecule has 1 aromatic rings. The Kier molecular flexibility index (Phi) is 4.65. The first-order chi connectivity index (χ1) is 9.54. The summed E-state index contributed by atoms with van der Waals surface area (Å²) < 4.78 is 30.6. The zero-order valence-electron chi connectivity index (χ0n) is 10.8. The van der Waals surface area contributed by atoms with Crippen LogP contribution in [0.2, 0.25) is 0 Å². The first-order valence-corrected chi connectivity index (χ1v) is 6.47. The molecule has 0 aromatic heterocycles. The first-order valence-electron chi connectivity index (χ1n) is 6.47.